The molecule has 2 amide bonds. The summed E-state index contributed by atoms with van der Waals surface area (Å²) in [7, 11) is 0. The maximum atomic E-state index is 11.9. The second-order valence-electron chi connectivity index (χ2n) is 5.34. The molecule has 0 saturated carbocycles. The van der Waals surface area contributed by atoms with Gasteiger partial charge in [0.25, 0.3) is 0 Å². The maximum absolute atomic E-state index is 11.9. The largest absolute Gasteiger partial charge is 0.379 e. The summed E-state index contributed by atoms with van der Waals surface area (Å²) in [5, 5.41) is 8.04. The van der Waals surface area contributed by atoms with Crippen LogP contribution in [0.3, 0.4) is 0 Å². The number of nitrogens with one attached hydrogen (secondary N) is 2. The Morgan fingerprint density at radius 2 is 2.24 bits per heavy atom. The fourth-order valence-corrected chi connectivity index (χ4v) is 3.21. The average Bonchev–Trinajstić information content (AvgIpc) is 3.02. The van der Waals surface area contributed by atoms with Gasteiger partial charge in [-0.3, -0.25) is 4.90 Å². The summed E-state index contributed by atoms with van der Waals surface area (Å²) < 4.78 is 5.42. The third-order valence-corrected chi connectivity index (χ3v) is 4.78. The number of hydrogen-bond acceptors (Lipinski definition) is 4. The molecule has 118 valence electrons. The van der Waals surface area contributed by atoms with Gasteiger partial charge in [0.15, 0.2) is 0 Å². The van der Waals surface area contributed by atoms with Crippen molar-refractivity contribution in [3.8, 4) is 0 Å². The van der Waals surface area contributed by atoms with E-state index in [1.165, 1.54) is 4.88 Å². The molecule has 2 rings (SSSR count). The second kappa shape index (κ2) is 8.36. The van der Waals surface area contributed by atoms with Gasteiger partial charge in [0.05, 0.1) is 19.3 Å². The number of rotatable bonds is 6. The topological polar surface area (TPSA) is 53.6 Å². The Kier molecular flexibility index (Phi) is 6.48. The first-order valence-corrected chi connectivity index (χ1v) is 8.48. The highest BCUT2D eigenvalue weighted by molar-refractivity contribution is 7.10. The normalized spacial score (nSPS) is 19.0. The Bertz CT molecular complexity index is 419. The van der Waals surface area contributed by atoms with Gasteiger partial charge in [-0.2, -0.15) is 0 Å². The molecule has 0 radical (unpaired) electrons. The number of hydrogen-bond donors (Lipinski definition) is 2. The molecule has 2 N–H and O–H groups in total. The van der Waals surface area contributed by atoms with Gasteiger partial charge in [-0.1, -0.05) is 13.0 Å². The predicted octanol–water partition coefficient (Wildman–Crippen LogP) is 2.22. The lowest BCUT2D eigenvalue weighted by molar-refractivity contribution is 0.0174. The molecule has 5 nitrogen and oxygen atoms in total. The molecule has 1 saturated heterocycles. The van der Waals surface area contributed by atoms with Crippen molar-refractivity contribution >= 4 is 17.4 Å². The number of ether oxygens (including phenoxy) is 1. The number of amides is 2. The third-order valence-electron chi connectivity index (χ3n) is 3.80. The summed E-state index contributed by atoms with van der Waals surface area (Å²) in [4.78, 5) is 15.6. The van der Waals surface area contributed by atoms with E-state index in [1.807, 2.05) is 6.92 Å². The summed E-state index contributed by atoms with van der Waals surface area (Å²) >= 11 is 1.74. The Balaban J connectivity index is 1.91. The number of thiophene rings is 1. The van der Waals surface area contributed by atoms with Crippen molar-refractivity contribution in [2.45, 2.75) is 32.4 Å². The Morgan fingerprint density at radius 3 is 2.86 bits per heavy atom. The Morgan fingerprint density at radius 1 is 1.48 bits per heavy atom. The zero-order valence-corrected chi connectivity index (χ0v) is 13.6. The SMILES string of the molecule is CC[C@@H](C)NC(=O)NC[C@@H](c1cccs1)N1CCOCC1. The Hall–Kier alpha value is -1.11. The molecule has 2 atom stereocenters. The van der Waals surface area contributed by atoms with E-state index in [0.717, 1.165) is 32.7 Å². The maximum Gasteiger partial charge on any atom is 0.315 e. The molecule has 21 heavy (non-hydrogen) atoms. The quantitative estimate of drug-likeness (QED) is 0.847. The van der Waals surface area contributed by atoms with Gasteiger partial charge in [0.1, 0.15) is 0 Å². The van der Waals surface area contributed by atoms with Crippen LogP contribution in [0.2, 0.25) is 0 Å². The highest BCUT2D eigenvalue weighted by Crippen LogP contribution is 2.25. The Labute approximate surface area is 130 Å². The van der Waals surface area contributed by atoms with Gasteiger partial charge >= 0.3 is 6.03 Å². The molecular formula is C15H25N3O2S. The highest BCUT2D eigenvalue weighted by atomic mass is 32.1. The van der Waals surface area contributed by atoms with Crippen molar-refractivity contribution in [1.29, 1.82) is 0 Å². The van der Waals surface area contributed by atoms with E-state index < -0.39 is 0 Å². The molecule has 1 aromatic heterocycles. The first kappa shape index (κ1) is 16.3. The third kappa shape index (κ3) is 4.98. The molecule has 1 aliphatic heterocycles. The number of morpholine rings is 1. The molecule has 6 heteroatoms. The van der Waals surface area contributed by atoms with Crippen molar-refractivity contribution in [3.05, 3.63) is 22.4 Å². The minimum absolute atomic E-state index is 0.0841. The van der Waals surface area contributed by atoms with Crippen molar-refractivity contribution < 1.29 is 9.53 Å². The standard InChI is InChI=1S/C15H25N3O2S/c1-3-12(2)17-15(19)16-11-13(14-5-4-10-21-14)18-6-8-20-9-7-18/h4-5,10,12-13H,3,6-9,11H2,1-2H3,(H2,16,17,19)/t12-,13+/m1/s1. The summed E-state index contributed by atoms with van der Waals surface area (Å²) in [5.74, 6) is 0. The van der Waals surface area contributed by atoms with Crippen LogP contribution in [0, 0.1) is 0 Å². The molecule has 0 aromatic carbocycles. The predicted molar refractivity (Wildman–Crippen MR) is 85.7 cm³/mol. The summed E-state index contributed by atoms with van der Waals surface area (Å²) in [5.41, 5.74) is 0. The summed E-state index contributed by atoms with van der Waals surface area (Å²) in [6.45, 7) is 8.06. The molecule has 0 aliphatic carbocycles. The van der Waals surface area contributed by atoms with Crippen LogP contribution in [0.1, 0.15) is 31.2 Å². The zero-order chi connectivity index (χ0) is 15.1. The molecule has 2 heterocycles. The number of nitrogens with zero attached hydrogens (tertiary/aromatic N) is 1. The van der Waals surface area contributed by atoms with Crippen molar-refractivity contribution in [3.63, 3.8) is 0 Å². The molecular weight excluding hydrogens is 286 g/mol. The lowest BCUT2D eigenvalue weighted by Crippen LogP contribution is -2.46. The second-order valence-corrected chi connectivity index (χ2v) is 6.32. The first-order chi connectivity index (χ1) is 10.2. The molecule has 1 aromatic rings. The van der Waals surface area contributed by atoms with Crippen LogP contribution in [-0.2, 0) is 4.74 Å². The van der Waals surface area contributed by atoms with E-state index in [9.17, 15) is 4.79 Å². The minimum atomic E-state index is -0.0841. The van der Waals surface area contributed by atoms with Gasteiger partial charge in [-0.15, -0.1) is 11.3 Å². The van der Waals surface area contributed by atoms with Gasteiger partial charge in [-0.05, 0) is 24.8 Å². The molecule has 0 unspecified atom stereocenters. The number of urea groups is 1. The zero-order valence-electron chi connectivity index (χ0n) is 12.8. The van der Waals surface area contributed by atoms with E-state index in [1.54, 1.807) is 11.3 Å². The molecule has 1 aliphatic rings. The summed E-state index contributed by atoms with van der Waals surface area (Å²) in [6, 6.07) is 4.55. The van der Waals surface area contributed by atoms with E-state index in [2.05, 4.69) is 40.0 Å². The van der Waals surface area contributed by atoms with Crippen molar-refractivity contribution in [2.24, 2.45) is 0 Å². The molecule has 0 bridgehead atoms. The summed E-state index contributed by atoms with van der Waals surface area (Å²) in [6.07, 6.45) is 0.936. The van der Waals surface area contributed by atoms with E-state index in [-0.39, 0.29) is 18.1 Å². The minimum Gasteiger partial charge on any atom is -0.379 e. The smallest absolute Gasteiger partial charge is 0.315 e. The van der Waals surface area contributed by atoms with E-state index in [0.29, 0.717) is 6.54 Å². The van der Waals surface area contributed by atoms with Crippen LogP contribution >= 0.6 is 11.3 Å². The lowest BCUT2D eigenvalue weighted by Gasteiger charge is -2.34. The number of carbonyl (C=O) groups is 1. The van der Waals surface area contributed by atoms with Gasteiger partial charge in [-0.25, -0.2) is 4.79 Å². The molecule has 0 spiro atoms. The van der Waals surface area contributed by atoms with Crippen LogP contribution in [0.25, 0.3) is 0 Å². The highest BCUT2D eigenvalue weighted by Gasteiger charge is 2.23. The van der Waals surface area contributed by atoms with Gasteiger partial charge in [0.2, 0.25) is 0 Å². The fourth-order valence-electron chi connectivity index (χ4n) is 2.35. The van der Waals surface area contributed by atoms with Crippen LogP contribution < -0.4 is 10.6 Å². The number of carbonyl (C=O) groups excluding carboxylic acids is 1. The van der Waals surface area contributed by atoms with Gasteiger partial charge < -0.3 is 15.4 Å². The fraction of sp³-hybridized carbons (Fsp3) is 0.667. The van der Waals surface area contributed by atoms with Crippen LogP contribution in [0.15, 0.2) is 17.5 Å². The lowest BCUT2D eigenvalue weighted by atomic mass is 10.2. The van der Waals surface area contributed by atoms with Crippen LogP contribution in [-0.4, -0.2) is 49.8 Å². The van der Waals surface area contributed by atoms with E-state index >= 15 is 0 Å². The van der Waals surface area contributed by atoms with Crippen molar-refractivity contribution in [2.75, 3.05) is 32.8 Å². The molecule has 1 fully saturated rings. The van der Waals surface area contributed by atoms with E-state index in [4.69, 9.17) is 4.74 Å². The monoisotopic (exact) mass is 311 g/mol. The van der Waals surface area contributed by atoms with Crippen LogP contribution in [0.4, 0.5) is 4.79 Å². The van der Waals surface area contributed by atoms with Crippen molar-refractivity contribution in [1.82, 2.24) is 15.5 Å². The van der Waals surface area contributed by atoms with Gasteiger partial charge in [0, 0.05) is 30.6 Å². The van der Waals surface area contributed by atoms with Crippen LogP contribution in [0.5, 0.6) is 0 Å². The average molecular weight is 311 g/mol. The first-order valence-electron chi connectivity index (χ1n) is 7.60.